The Morgan fingerprint density at radius 2 is 1.76 bits per heavy atom. The largest absolute Gasteiger partial charge is 0.444 e. The SMILES string of the molecule is CC(C)(C)OC(=O)N1CCc2c(c(-c3ccc(Cl)c(Cl)c3)nn2CCCN2CCN(c3ccccc3[N+](=O)[O-])CC2)C1. The Labute approximate surface area is 255 Å². The van der Waals surface area contributed by atoms with E-state index >= 15 is 0 Å². The first-order valence-corrected chi connectivity index (χ1v) is 15.0. The highest BCUT2D eigenvalue weighted by Crippen LogP contribution is 2.34. The predicted octanol–water partition coefficient (Wildman–Crippen LogP) is 6.27. The van der Waals surface area contributed by atoms with Crippen molar-refractivity contribution in [2.45, 2.75) is 52.3 Å². The second-order valence-corrected chi connectivity index (χ2v) is 12.5. The van der Waals surface area contributed by atoms with Crippen LogP contribution in [0, 0.1) is 10.1 Å². The first-order valence-electron chi connectivity index (χ1n) is 14.2. The number of carbonyl (C=O) groups is 1. The van der Waals surface area contributed by atoms with Gasteiger partial charge in [0.15, 0.2) is 0 Å². The quantitative estimate of drug-likeness (QED) is 0.228. The summed E-state index contributed by atoms with van der Waals surface area (Å²) in [7, 11) is 0. The molecule has 0 unspecified atom stereocenters. The lowest BCUT2D eigenvalue weighted by molar-refractivity contribution is -0.384. The molecule has 0 bridgehead atoms. The zero-order valence-corrected chi connectivity index (χ0v) is 25.7. The molecular formula is C30H36Cl2N6O4. The third kappa shape index (κ3) is 6.82. The number of piperazine rings is 1. The number of hydrogen-bond acceptors (Lipinski definition) is 7. The smallest absolute Gasteiger partial charge is 0.410 e. The summed E-state index contributed by atoms with van der Waals surface area (Å²) in [4.78, 5) is 30.3. The zero-order chi connectivity index (χ0) is 30.0. The molecule has 224 valence electrons. The number of anilines is 1. The van der Waals surface area contributed by atoms with Crippen LogP contribution >= 0.6 is 23.2 Å². The second kappa shape index (κ2) is 12.5. The minimum Gasteiger partial charge on any atom is -0.444 e. The number of aryl methyl sites for hydroxylation is 1. The Balaban J connectivity index is 1.26. The van der Waals surface area contributed by atoms with Crippen LogP contribution in [-0.4, -0.2) is 75.5 Å². The molecule has 5 rings (SSSR count). The third-order valence-corrected chi connectivity index (χ3v) is 8.35. The van der Waals surface area contributed by atoms with Gasteiger partial charge in [0.1, 0.15) is 11.3 Å². The minimum absolute atomic E-state index is 0.150. The first kappa shape index (κ1) is 30.1. The van der Waals surface area contributed by atoms with E-state index in [4.69, 9.17) is 33.0 Å². The van der Waals surface area contributed by atoms with Gasteiger partial charge < -0.3 is 14.5 Å². The van der Waals surface area contributed by atoms with Gasteiger partial charge in [-0.25, -0.2) is 4.79 Å². The molecule has 0 spiro atoms. The molecule has 0 atom stereocenters. The maximum atomic E-state index is 12.9. The van der Waals surface area contributed by atoms with Crippen LogP contribution < -0.4 is 4.90 Å². The van der Waals surface area contributed by atoms with Crippen molar-refractivity contribution in [3.8, 4) is 11.3 Å². The van der Waals surface area contributed by atoms with Crippen LogP contribution in [0.15, 0.2) is 42.5 Å². The van der Waals surface area contributed by atoms with E-state index in [0.717, 1.165) is 68.2 Å². The van der Waals surface area contributed by atoms with Crippen molar-refractivity contribution in [3.63, 3.8) is 0 Å². The molecule has 12 heteroatoms. The predicted molar refractivity (Wildman–Crippen MR) is 164 cm³/mol. The number of fused-ring (bicyclic) bond motifs is 1. The Morgan fingerprint density at radius 1 is 1.02 bits per heavy atom. The molecule has 2 aromatic carbocycles. The summed E-state index contributed by atoms with van der Waals surface area (Å²) in [5, 5.41) is 17.4. The summed E-state index contributed by atoms with van der Waals surface area (Å²) >= 11 is 12.5. The normalized spacial score (nSPS) is 15.9. The van der Waals surface area contributed by atoms with Crippen LogP contribution in [0.5, 0.6) is 0 Å². The average Bonchev–Trinajstić information content (AvgIpc) is 3.32. The fraction of sp³-hybridized carbons (Fsp3) is 0.467. The number of carbonyl (C=O) groups excluding carboxylic acids is 1. The van der Waals surface area contributed by atoms with Crippen molar-refractivity contribution < 1.29 is 14.5 Å². The van der Waals surface area contributed by atoms with Crippen molar-refractivity contribution in [3.05, 3.63) is 73.9 Å². The van der Waals surface area contributed by atoms with Gasteiger partial charge in [-0.2, -0.15) is 5.10 Å². The van der Waals surface area contributed by atoms with Gasteiger partial charge in [0.05, 0.1) is 27.2 Å². The molecule has 1 aromatic heterocycles. The highest BCUT2D eigenvalue weighted by Gasteiger charge is 2.31. The molecule has 42 heavy (non-hydrogen) atoms. The van der Waals surface area contributed by atoms with E-state index in [0.29, 0.717) is 35.2 Å². The molecule has 0 saturated carbocycles. The average molecular weight is 616 g/mol. The Morgan fingerprint density at radius 3 is 2.45 bits per heavy atom. The van der Waals surface area contributed by atoms with E-state index in [1.54, 1.807) is 23.1 Å². The number of hydrogen-bond donors (Lipinski definition) is 0. The lowest BCUT2D eigenvalue weighted by Gasteiger charge is -2.35. The number of ether oxygens (including phenoxy) is 1. The maximum Gasteiger partial charge on any atom is 0.410 e. The Bertz CT molecular complexity index is 1460. The monoisotopic (exact) mass is 614 g/mol. The van der Waals surface area contributed by atoms with E-state index < -0.39 is 5.60 Å². The molecule has 2 aliphatic heterocycles. The molecule has 0 aliphatic carbocycles. The summed E-state index contributed by atoms with van der Waals surface area (Å²) in [6, 6.07) is 12.4. The lowest BCUT2D eigenvalue weighted by Crippen LogP contribution is -2.47. The number of nitrogens with zero attached hydrogens (tertiary/aromatic N) is 6. The van der Waals surface area contributed by atoms with Crippen molar-refractivity contribution >= 4 is 40.7 Å². The second-order valence-electron chi connectivity index (χ2n) is 11.7. The van der Waals surface area contributed by atoms with Crippen molar-refractivity contribution in [2.75, 3.05) is 44.2 Å². The van der Waals surface area contributed by atoms with Gasteiger partial charge in [-0.05, 0) is 45.4 Å². The van der Waals surface area contributed by atoms with Crippen molar-refractivity contribution in [2.24, 2.45) is 0 Å². The van der Waals surface area contributed by atoms with E-state index in [1.807, 2.05) is 45.0 Å². The Hall–Kier alpha value is -3.34. The molecule has 3 heterocycles. The van der Waals surface area contributed by atoms with Gasteiger partial charge in [-0.15, -0.1) is 0 Å². The number of rotatable bonds is 7. The molecule has 10 nitrogen and oxygen atoms in total. The van der Waals surface area contributed by atoms with Crippen LogP contribution in [0.25, 0.3) is 11.3 Å². The molecule has 1 amide bonds. The topological polar surface area (TPSA) is 97.0 Å². The van der Waals surface area contributed by atoms with E-state index in [9.17, 15) is 14.9 Å². The number of amides is 1. The number of nitro benzene ring substituents is 1. The summed E-state index contributed by atoms with van der Waals surface area (Å²) in [6.45, 7) is 11.3. The number of para-hydroxylation sites is 2. The summed E-state index contributed by atoms with van der Waals surface area (Å²) < 4.78 is 7.72. The molecule has 2 aliphatic rings. The highest BCUT2D eigenvalue weighted by atomic mass is 35.5. The van der Waals surface area contributed by atoms with Crippen LogP contribution in [0.3, 0.4) is 0 Å². The van der Waals surface area contributed by atoms with Crippen molar-refractivity contribution in [1.29, 1.82) is 0 Å². The van der Waals surface area contributed by atoms with Gasteiger partial charge in [-0.3, -0.25) is 19.7 Å². The number of aromatic nitrogens is 2. The van der Waals surface area contributed by atoms with Crippen LogP contribution in [-0.2, 0) is 24.2 Å². The minimum atomic E-state index is -0.574. The van der Waals surface area contributed by atoms with Gasteiger partial charge in [0.2, 0.25) is 0 Å². The molecule has 0 radical (unpaired) electrons. The number of halogens is 2. The third-order valence-electron chi connectivity index (χ3n) is 7.61. The Kier molecular flexibility index (Phi) is 8.96. The van der Waals surface area contributed by atoms with Crippen molar-refractivity contribution in [1.82, 2.24) is 19.6 Å². The summed E-state index contributed by atoms with van der Waals surface area (Å²) in [6.07, 6.45) is 1.24. The first-order chi connectivity index (χ1) is 20.0. The fourth-order valence-electron chi connectivity index (χ4n) is 5.58. The van der Waals surface area contributed by atoms with E-state index in [-0.39, 0.29) is 16.7 Å². The van der Waals surface area contributed by atoms with E-state index in [2.05, 4.69) is 14.5 Å². The molecule has 0 N–H and O–H groups in total. The molecule has 1 saturated heterocycles. The number of benzene rings is 2. The van der Waals surface area contributed by atoms with Crippen LogP contribution in [0.2, 0.25) is 10.0 Å². The molecule has 3 aromatic rings. The van der Waals surface area contributed by atoms with Crippen LogP contribution in [0.1, 0.15) is 38.4 Å². The van der Waals surface area contributed by atoms with E-state index in [1.165, 1.54) is 0 Å². The zero-order valence-electron chi connectivity index (χ0n) is 24.2. The van der Waals surface area contributed by atoms with Gasteiger partial charge in [-0.1, -0.05) is 41.4 Å². The van der Waals surface area contributed by atoms with Crippen LogP contribution in [0.4, 0.5) is 16.2 Å². The summed E-state index contributed by atoms with van der Waals surface area (Å²) in [5.74, 6) is 0. The van der Waals surface area contributed by atoms with Gasteiger partial charge in [0.25, 0.3) is 5.69 Å². The number of nitro groups is 1. The lowest BCUT2D eigenvalue weighted by atomic mass is 10.0. The standard InChI is InChI=1S/C30H36Cl2N6O4/c1-30(2,3)42-29(39)36-14-11-25-22(20-36)28(21-9-10-23(31)24(32)19-21)33-37(25)13-6-12-34-15-17-35(18-16-34)26-7-4-5-8-27(26)38(40)41/h4-5,7-10,19H,6,11-18,20H2,1-3H3. The summed E-state index contributed by atoms with van der Waals surface area (Å²) in [5.41, 5.74) is 4.04. The maximum absolute atomic E-state index is 12.9. The fourth-order valence-corrected chi connectivity index (χ4v) is 5.87. The van der Waals surface area contributed by atoms with Gasteiger partial charge >= 0.3 is 6.09 Å². The highest BCUT2D eigenvalue weighted by molar-refractivity contribution is 6.42. The molecular weight excluding hydrogens is 579 g/mol. The van der Waals surface area contributed by atoms with Gasteiger partial charge in [0, 0.05) is 75.1 Å². The molecule has 1 fully saturated rings.